The molecule has 2 fully saturated rings. The molecular weight excluding hydrogens is 495 g/mol. The van der Waals surface area contributed by atoms with E-state index in [-0.39, 0.29) is 24.8 Å². The number of likely N-dealkylation sites (tertiary alicyclic amines) is 1. The summed E-state index contributed by atoms with van der Waals surface area (Å²) in [6.07, 6.45) is 11.0. The van der Waals surface area contributed by atoms with Gasteiger partial charge in [0.15, 0.2) is 0 Å². The maximum absolute atomic E-state index is 5.41. The van der Waals surface area contributed by atoms with Gasteiger partial charge in [0.2, 0.25) is 0 Å². The standard InChI is InChI=1S/C25H41BrN2O.2ClH/c1-4-28(5-2)23-8-6-20(7-9-23)12-15-27-16-13-21(14-17-27)18-22-19-24(29-3)10-11-25(22)26;;/h10-11,19-21,23H,4-9,12-18H2,1-3H3;2*1H. The number of rotatable bonds is 9. The fourth-order valence-electron chi connectivity index (χ4n) is 5.46. The van der Waals surface area contributed by atoms with Crippen LogP contribution in [0.2, 0.25) is 0 Å². The molecule has 2 aliphatic rings. The molecule has 1 saturated carbocycles. The molecule has 3 rings (SSSR count). The summed E-state index contributed by atoms with van der Waals surface area (Å²) >= 11 is 3.72. The third-order valence-electron chi connectivity index (χ3n) is 7.47. The summed E-state index contributed by atoms with van der Waals surface area (Å²) in [7, 11) is 1.75. The Morgan fingerprint density at radius 3 is 2.19 bits per heavy atom. The fourth-order valence-corrected chi connectivity index (χ4v) is 5.87. The van der Waals surface area contributed by atoms with Crippen LogP contribution in [0.3, 0.4) is 0 Å². The quantitative estimate of drug-likeness (QED) is 0.342. The summed E-state index contributed by atoms with van der Waals surface area (Å²) in [5.74, 6) is 2.74. The third-order valence-corrected chi connectivity index (χ3v) is 8.24. The number of methoxy groups -OCH3 is 1. The number of piperidine rings is 1. The van der Waals surface area contributed by atoms with Gasteiger partial charge in [0.1, 0.15) is 5.75 Å². The number of halogens is 3. The summed E-state index contributed by atoms with van der Waals surface area (Å²) in [5, 5.41) is 0. The fraction of sp³-hybridized carbons (Fsp3) is 0.760. The molecule has 0 bridgehead atoms. The predicted octanol–water partition coefficient (Wildman–Crippen LogP) is 6.85. The van der Waals surface area contributed by atoms with E-state index in [0.29, 0.717) is 0 Å². The van der Waals surface area contributed by atoms with Crippen LogP contribution in [0, 0.1) is 11.8 Å². The molecule has 0 radical (unpaired) electrons. The molecule has 0 spiro atoms. The van der Waals surface area contributed by atoms with Crippen molar-refractivity contribution in [3.05, 3.63) is 28.2 Å². The number of ether oxygens (including phenoxy) is 1. The molecule has 1 aliphatic carbocycles. The number of benzene rings is 1. The minimum Gasteiger partial charge on any atom is -0.497 e. The van der Waals surface area contributed by atoms with Crippen LogP contribution in [0.25, 0.3) is 0 Å². The van der Waals surface area contributed by atoms with Gasteiger partial charge in [-0.25, -0.2) is 0 Å². The molecule has 6 heteroatoms. The highest BCUT2D eigenvalue weighted by Gasteiger charge is 2.26. The summed E-state index contributed by atoms with van der Waals surface area (Å²) in [6.45, 7) is 10.9. The lowest BCUT2D eigenvalue weighted by Gasteiger charge is -2.37. The van der Waals surface area contributed by atoms with E-state index in [1.165, 1.54) is 94.1 Å². The molecule has 1 aromatic rings. The second-order valence-electron chi connectivity index (χ2n) is 9.13. The van der Waals surface area contributed by atoms with Crippen molar-refractivity contribution in [1.82, 2.24) is 9.80 Å². The molecule has 0 N–H and O–H groups in total. The average Bonchev–Trinajstić information content (AvgIpc) is 2.76. The maximum atomic E-state index is 5.41. The summed E-state index contributed by atoms with van der Waals surface area (Å²) in [4.78, 5) is 5.40. The van der Waals surface area contributed by atoms with E-state index < -0.39 is 0 Å². The van der Waals surface area contributed by atoms with E-state index in [1.54, 1.807) is 7.11 Å². The Hall–Kier alpha value is -0.000000000000000111. The monoisotopic (exact) mass is 536 g/mol. The van der Waals surface area contributed by atoms with E-state index in [1.807, 2.05) is 6.07 Å². The first-order valence-electron chi connectivity index (χ1n) is 11.9. The van der Waals surface area contributed by atoms with Crippen LogP contribution >= 0.6 is 40.7 Å². The van der Waals surface area contributed by atoms with E-state index in [0.717, 1.165) is 23.6 Å². The van der Waals surface area contributed by atoms with Gasteiger partial charge in [0, 0.05) is 10.5 Å². The molecule has 1 heterocycles. The first-order chi connectivity index (χ1) is 14.1. The van der Waals surface area contributed by atoms with Crippen molar-refractivity contribution in [2.45, 2.75) is 71.3 Å². The first-order valence-corrected chi connectivity index (χ1v) is 12.7. The van der Waals surface area contributed by atoms with E-state index in [2.05, 4.69) is 51.7 Å². The van der Waals surface area contributed by atoms with Crippen molar-refractivity contribution >= 4 is 40.7 Å². The second-order valence-corrected chi connectivity index (χ2v) is 9.99. The van der Waals surface area contributed by atoms with Gasteiger partial charge in [-0.15, -0.1) is 24.8 Å². The van der Waals surface area contributed by atoms with Gasteiger partial charge in [-0.1, -0.05) is 29.8 Å². The highest BCUT2D eigenvalue weighted by molar-refractivity contribution is 9.10. The third kappa shape index (κ3) is 8.70. The summed E-state index contributed by atoms with van der Waals surface area (Å²) in [5.41, 5.74) is 1.40. The maximum Gasteiger partial charge on any atom is 0.119 e. The van der Waals surface area contributed by atoms with Gasteiger partial charge < -0.3 is 14.5 Å². The van der Waals surface area contributed by atoms with Crippen molar-refractivity contribution in [3.63, 3.8) is 0 Å². The lowest BCUT2D eigenvalue weighted by molar-refractivity contribution is 0.130. The molecule has 3 nitrogen and oxygen atoms in total. The minimum atomic E-state index is 0. The Morgan fingerprint density at radius 1 is 0.968 bits per heavy atom. The van der Waals surface area contributed by atoms with Gasteiger partial charge in [0.25, 0.3) is 0 Å². The van der Waals surface area contributed by atoms with E-state index >= 15 is 0 Å². The zero-order chi connectivity index (χ0) is 20.6. The molecule has 0 amide bonds. The van der Waals surface area contributed by atoms with Crippen molar-refractivity contribution < 1.29 is 4.74 Å². The van der Waals surface area contributed by atoms with Crippen molar-refractivity contribution in [3.8, 4) is 5.75 Å². The largest absolute Gasteiger partial charge is 0.497 e. The molecule has 1 saturated heterocycles. The predicted molar refractivity (Wildman–Crippen MR) is 141 cm³/mol. The number of hydrogen-bond donors (Lipinski definition) is 0. The van der Waals surface area contributed by atoms with Crippen molar-refractivity contribution in [2.75, 3.05) is 39.8 Å². The van der Waals surface area contributed by atoms with Gasteiger partial charge >= 0.3 is 0 Å². The molecule has 0 unspecified atom stereocenters. The Labute approximate surface area is 211 Å². The molecule has 0 atom stereocenters. The highest BCUT2D eigenvalue weighted by Crippen LogP contribution is 2.31. The Morgan fingerprint density at radius 2 is 1.61 bits per heavy atom. The Kier molecular flexibility index (Phi) is 14.1. The van der Waals surface area contributed by atoms with Crippen LogP contribution in [-0.2, 0) is 6.42 Å². The SMILES string of the molecule is CCN(CC)C1CCC(CCN2CCC(Cc3cc(OC)ccc3Br)CC2)CC1.Cl.Cl. The smallest absolute Gasteiger partial charge is 0.119 e. The van der Waals surface area contributed by atoms with Gasteiger partial charge in [-0.2, -0.15) is 0 Å². The molecule has 31 heavy (non-hydrogen) atoms. The van der Waals surface area contributed by atoms with E-state index in [9.17, 15) is 0 Å². The number of nitrogens with zero attached hydrogens (tertiary/aromatic N) is 2. The van der Waals surface area contributed by atoms with Crippen LogP contribution in [0.5, 0.6) is 5.75 Å². The summed E-state index contributed by atoms with van der Waals surface area (Å²) < 4.78 is 6.63. The van der Waals surface area contributed by atoms with Crippen LogP contribution in [0.1, 0.15) is 64.4 Å². The van der Waals surface area contributed by atoms with Crippen LogP contribution in [0.15, 0.2) is 22.7 Å². The van der Waals surface area contributed by atoms with Gasteiger partial charge in [0.05, 0.1) is 7.11 Å². The Bertz CT molecular complexity index is 614. The topological polar surface area (TPSA) is 15.7 Å². The van der Waals surface area contributed by atoms with Crippen LogP contribution in [-0.4, -0.2) is 55.7 Å². The van der Waals surface area contributed by atoms with Crippen LogP contribution < -0.4 is 4.74 Å². The van der Waals surface area contributed by atoms with Crippen molar-refractivity contribution in [1.29, 1.82) is 0 Å². The van der Waals surface area contributed by atoms with Crippen molar-refractivity contribution in [2.24, 2.45) is 11.8 Å². The molecule has 1 aliphatic heterocycles. The molecular formula is C25H43BrCl2N2O. The minimum absolute atomic E-state index is 0. The zero-order valence-electron chi connectivity index (χ0n) is 19.7. The molecule has 180 valence electrons. The lowest BCUT2D eigenvalue weighted by Crippen LogP contribution is -2.39. The Balaban J connectivity index is 0.00000240. The van der Waals surface area contributed by atoms with Gasteiger partial charge in [-0.3, -0.25) is 0 Å². The lowest BCUT2D eigenvalue weighted by atomic mass is 9.83. The zero-order valence-corrected chi connectivity index (χ0v) is 22.9. The van der Waals surface area contributed by atoms with Crippen LogP contribution in [0.4, 0.5) is 0 Å². The first kappa shape index (κ1) is 29.0. The molecule has 0 aromatic heterocycles. The highest BCUT2D eigenvalue weighted by atomic mass is 79.9. The summed E-state index contributed by atoms with van der Waals surface area (Å²) in [6, 6.07) is 7.21. The normalized spacial score (nSPS) is 22.6. The van der Waals surface area contributed by atoms with E-state index in [4.69, 9.17) is 4.74 Å². The average molecular weight is 538 g/mol. The second kappa shape index (κ2) is 15.0. The number of hydrogen-bond acceptors (Lipinski definition) is 3. The van der Waals surface area contributed by atoms with Gasteiger partial charge in [-0.05, 0) is 120 Å². The molecule has 1 aromatic carbocycles.